The summed E-state index contributed by atoms with van der Waals surface area (Å²) in [6.45, 7) is 0.752. The van der Waals surface area contributed by atoms with Crippen LogP contribution in [0.1, 0.15) is 5.56 Å². The molecule has 0 unspecified atom stereocenters. The Morgan fingerprint density at radius 1 is 1.13 bits per heavy atom. The predicted octanol–water partition coefficient (Wildman–Crippen LogP) is 2.76. The van der Waals surface area contributed by atoms with Gasteiger partial charge in [-0.3, -0.25) is 3.93 Å². The van der Waals surface area contributed by atoms with Crippen molar-refractivity contribution < 1.29 is 5.11 Å². The number of hydrogen-bond donors (Lipinski definition) is 1. The number of benzene rings is 1. The molecule has 0 aromatic heterocycles. The third-order valence-electron chi connectivity index (χ3n) is 2.08. The summed E-state index contributed by atoms with van der Waals surface area (Å²) in [5.41, 5.74) is 1.08. The van der Waals surface area contributed by atoms with E-state index in [-0.39, 0.29) is 0 Å². The molecule has 4 heteroatoms. The lowest BCUT2D eigenvalue weighted by Crippen LogP contribution is -2.14. The van der Waals surface area contributed by atoms with Crippen LogP contribution in [0.2, 0.25) is 0 Å². The van der Waals surface area contributed by atoms with Crippen LogP contribution in [0.3, 0.4) is 0 Å². The minimum Gasteiger partial charge on any atom is -0.508 e. The van der Waals surface area contributed by atoms with Crippen LogP contribution >= 0.6 is 16.1 Å². The molecule has 0 saturated heterocycles. The monoisotopic (exact) mass is 266 g/mol. The average molecular weight is 267 g/mol. The molecule has 0 atom stereocenters. The van der Waals surface area contributed by atoms with Gasteiger partial charge in [0.1, 0.15) is 5.75 Å². The second-order valence-electron chi connectivity index (χ2n) is 3.28. The summed E-state index contributed by atoms with van der Waals surface area (Å²) >= 11 is 3.31. The van der Waals surface area contributed by atoms with Crippen molar-refractivity contribution in [3.63, 3.8) is 0 Å². The Morgan fingerprint density at radius 2 is 1.87 bits per heavy atom. The molecule has 2 rings (SSSR count). The highest BCUT2D eigenvalue weighted by molar-refractivity contribution is 9.07. The number of rotatable bonds is 2. The Labute approximate surface area is 97.3 Å². The van der Waals surface area contributed by atoms with Crippen LogP contribution in [0.25, 0.3) is 0 Å². The lowest BCUT2D eigenvalue weighted by atomic mass is 10.2. The van der Waals surface area contributed by atoms with E-state index in [0.717, 1.165) is 12.1 Å². The van der Waals surface area contributed by atoms with E-state index < -0.39 is 0 Å². The van der Waals surface area contributed by atoms with Gasteiger partial charge in [-0.15, -0.1) is 0 Å². The molecular weight excluding hydrogens is 256 g/mol. The minimum atomic E-state index is 0.305. The molecule has 15 heavy (non-hydrogen) atoms. The van der Waals surface area contributed by atoms with Gasteiger partial charge in [-0.05, 0) is 17.7 Å². The summed E-state index contributed by atoms with van der Waals surface area (Å²) in [4.78, 5) is 2.03. The van der Waals surface area contributed by atoms with E-state index >= 15 is 0 Å². The normalized spacial score (nSPS) is 14.7. The van der Waals surface area contributed by atoms with Crippen LogP contribution < -0.4 is 0 Å². The summed E-state index contributed by atoms with van der Waals surface area (Å²) in [6, 6.07) is 7.27. The first-order valence-electron chi connectivity index (χ1n) is 4.58. The number of hydrogen-bond acceptors (Lipinski definition) is 3. The summed E-state index contributed by atoms with van der Waals surface area (Å²) in [5.74, 6) is 0.305. The zero-order chi connectivity index (χ0) is 10.7. The Morgan fingerprint density at radius 3 is 2.53 bits per heavy atom. The van der Waals surface area contributed by atoms with Crippen LogP contribution in [-0.4, -0.2) is 13.9 Å². The van der Waals surface area contributed by atoms with Gasteiger partial charge < -0.3 is 10.0 Å². The van der Waals surface area contributed by atoms with Gasteiger partial charge in [0, 0.05) is 31.3 Å². The first kappa shape index (κ1) is 10.1. The largest absolute Gasteiger partial charge is 0.508 e. The quantitative estimate of drug-likeness (QED) is 0.835. The molecular formula is C11H11BrN2O. The van der Waals surface area contributed by atoms with Crippen LogP contribution in [0, 0.1) is 0 Å². The van der Waals surface area contributed by atoms with Crippen molar-refractivity contribution in [2.75, 3.05) is 0 Å². The van der Waals surface area contributed by atoms with E-state index in [4.69, 9.17) is 0 Å². The highest BCUT2D eigenvalue weighted by Gasteiger charge is 2.02. The van der Waals surface area contributed by atoms with E-state index in [1.54, 1.807) is 16.1 Å². The highest BCUT2D eigenvalue weighted by Crippen LogP contribution is 2.15. The Bertz CT molecular complexity index is 389. The van der Waals surface area contributed by atoms with Crippen LogP contribution in [-0.2, 0) is 6.54 Å². The number of halogens is 1. The first-order chi connectivity index (χ1) is 7.24. The van der Waals surface area contributed by atoms with Crippen molar-refractivity contribution >= 4 is 16.1 Å². The fourth-order valence-corrected chi connectivity index (χ4v) is 1.58. The second-order valence-corrected chi connectivity index (χ2v) is 4.10. The van der Waals surface area contributed by atoms with Crippen molar-refractivity contribution in [1.29, 1.82) is 0 Å². The number of nitrogens with zero attached hydrogens (tertiary/aromatic N) is 2. The summed E-state index contributed by atoms with van der Waals surface area (Å²) in [6.07, 6.45) is 7.73. The molecule has 1 heterocycles. The van der Waals surface area contributed by atoms with E-state index in [1.165, 1.54) is 0 Å². The van der Waals surface area contributed by atoms with Gasteiger partial charge in [-0.1, -0.05) is 12.1 Å². The smallest absolute Gasteiger partial charge is 0.115 e. The Kier molecular flexibility index (Phi) is 2.97. The van der Waals surface area contributed by atoms with E-state index in [9.17, 15) is 5.11 Å². The van der Waals surface area contributed by atoms with Crippen LogP contribution in [0.15, 0.2) is 49.1 Å². The van der Waals surface area contributed by atoms with Gasteiger partial charge in [-0.2, -0.15) is 0 Å². The van der Waals surface area contributed by atoms with Gasteiger partial charge >= 0.3 is 0 Å². The molecule has 1 aliphatic rings. The van der Waals surface area contributed by atoms with Gasteiger partial charge in [0.2, 0.25) is 0 Å². The molecule has 1 N–H and O–H groups in total. The van der Waals surface area contributed by atoms with Gasteiger partial charge in [-0.25, -0.2) is 0 Å². The first-order valence-corrected chi connectivity index (χ1v) is 5.29. The SMILES string of the molecule is Oc1cccc(CN2C=CN(Br)C=C2)c1. The van der Waals surface area contributed by atoms with Crippen molar-refractivity contribution in [3.8, 4) is 5.75 Å². The van der Waals surface area contributed by atoms with Gasteiger partial charge in [0.25, 0.3) is 0 Å². The molecule has 0 amide bonds. The Hall–Kier alpha value is -1.42. The molecule has 0 aliphatic carbocycles. The molecule has 78 valence electrons. The minimum absolute atomic E-state index is 0.305. The Balaban J connectivity index is 2.04. The summed E-state index contributed by atoms with van der Waals surface area (Å²) in [5, 5.41) is 9.31. The van der Waals surface area contributed by atoms with Gasteiger partial charge in [0.15, 0.2) is 0 Å². The van der Waals surface area contributed by atoms with E-state index in [1.807, 2.05) is 41.8 Å². The fraction of sp³-hybridized carbons (Fsp3) is 0.0909. The van der Waals surface area contributed by atoms with Crippen molar-refractivity contribution in [2.24, 2.45) is 0 Å². The lowest BCUT2D eigenvalue weighted by molar-refractivity contribution is 0.462. The second kappa shape index (κ2) is 4.40. The fourth-order valence-electron chi connectivity index (χ4n) is 1.37. The number of phenolic OH excluding ortho intramolecular Hbond substituents is 1. The zero-order valence-electron chi connectivity index (χ0n) is 8.05. The number of aromatic hydroxyl groups is 1. The highest BCUT2D eigenvalue weighted by atomic mass is 79.9. The maximum atomic E-state index is 9.31. The topological polar surface area (TPSA) is 26.7 Å². The van der Waals surface area contributed by atoms with Crippen molar-refractivity contribution in [2.45, 2.75) is 6.54 Å². The zero-order valence-corrected chi connectivity index (χ0v) is 9.63. The third kappa shape index (κ3) is 2.76. The molecule has 0 fully saturated rings. The molecule has 1 aromatic carbocycles. The maximum Gasteiger partial charge on any atom is 0.115 e. The van der Waals surface area contributed by atoms with Gasteiger partial charge in [0.05, 0.1) is 16.1 Å². The average Bonchev–Trinajstić information content (AvgIpc) is 2.22. The summed E-state index contributed by atoms with van der Waals surface area (Å²) < 4.78 is 1.80. The molecule has 0 radical (unpaired) electrons. The molecule has 0 bridgehead atoms. The van der Waals surface area contributed by atoms with Crippen molar-refractivity contribution in [3.05, 3.63) is 54.6 Å². The molecule has 0 spiro atoms. The van der Waals surface area contributed by atoms with E-state index in [0.29, 0.717) is 5.75 Å². The van der Waals surface area contributed by atoms with Crippen LogP contribution in [0.5, 0.6) is 5.75 Å². The van der Waals surface area contributed by atoms with Crippen LogP contribution in [0.4, 0.5) is 0 Å². The molecule has 3 nitrogen and oxygen atoms in total. The number of phenols is 1. The predicted molar refractivity (Wildman–Crippen MR) is 62.7 cm³/mol. The van der Waals surface area contributed by atoms with Crippen molar-refractivity contribution in [1.82, 2.24) is 8.83 Å². The molecule has 1 aliphatic heterocycles. The third-order valence-corrected chi connectivity index (χ3v) is 2.55. The maximum absolute atomic E-state index is 9.31. The van der Waals surface area contributed by atoms with E-state index in [2.05, 4.69) is 16.1 Å². The molecule has 0 saturated carbocycles. The summed E-state index contributed by atoms with van der Waals surface area (Å²) in [7, 11) is 0. The lowest BCUT2D eigenvalue weighted by Gasteiger charge is -2.20. The standard InChI is InChI=1S/C11H11BrN2O/c12-14-6-4-13(5-7-14)9-10-2-1-3-11(15)8-10/h1-8,15H,9H2. The molecule has 1 aromatic rings.